The second-order valence-corrected chi connectivity index (χ2v) is 11.4. The van der Waals surface area contributed by atoms with Gasteiger partial charge in [0.1, 0.15) is 17.9 Å². The third-order valence-electron chi connectivity index (χ3n) is 9.00. The fourth-order valence-electron chi connectivity index (χ4n) is 6.48. The van der Waals surface area contributed by atoms with E-state index in [4.69, 9.17) is 9.47 Å². The summed E-state index contributed by atoms with van der Waals surface area (Å²) in [6, 6.07) is 8.62. The molecule has 1 saturated heterocycles. The number of morpholine rings is 1. The molecule has 2 atom stereocenters. The number of ether oxygens (including phenoxy) is 2. The van der Waals surface area contributed by atoms with E-state index >= 15 is 0 Å². The molecule has 1 amide bonds. The van der Waals surface area contributed by atoms with Crippen molar-refractivity contribution in [3.05, 3.63) is 41.7 Å². The Kier molecular flexibility index (Phi) is 7.07. The monoisotopic (exact) mass is 517 g/mol. The summed E-state index contributed by atoms with van der Waals surface area (Å²) >= 11 is 0. The summed E-state index contributed by atoms with van der Waals surface area (Å²) < 4.78 is 11.7. The number of aromatic amines is 1. The van der Waals surface area contributed by atoms with Crippen LogP contribution in [-0.4, -0.2) is 72.2 Å². The predicted octanol–water partition coefficient (Wildman–Crippen LogP) is 3.73. The smallest absolute Gasteiger partial charge is 0.225 e. The second kappa shape index (κ2) is 10.6. The highest BCUT2D eigenvalue weighted by atomic mass is 16.5. The van der Waals surface area contributed by atoms with E-state index in [2.05, 4.69) is 50.9 Å². The molecule has 38 heavy (non-hydrogen) atoms. The summed E-state index contributed by atoms with van der Waals surface area (Å²) in [6.07, 6.45) is 6.47. The van der Waals surface area contributed by atoms with Crippen LogP contribution in [-0.2, 0) is 22.5 Å². The first-order valence-electron chi connectivity index (χ1n) is 14.3. The highest BCUT2D eigenvalue weighted by Gasteiger charge is 2.47. The van der Waals surface area contributed by atoms with E-state index in [1.54, 1.807) is 0 Å². The van der Waals surface area contributed by atoms with Crippen molar-refractivity contribution < 1.29 is 14.3 Å². The van der Waals surface area contributed by atoms with Gasteiger partial charge in [0.15, 0.2) is 0 Å². The fourth-order valence-corrected chi connectivity index (χ4v) is 6.48. The number of aromatic nitrogens is 1. The maximum Gasteiger partial charge on any atom is 0.225 e. The molecule has 0 unspecified atom stereocenters. The molecule has 0 radical (unpaired) electrons. The molecular formula is C30H39N5O3. The lowest BCUT2D eigenvalue weighted by atomic mass is 9.76. The van der Waals surface area contributed by atoms with Crippen LogP contribution in [0.1, 0.15) is 49.8 Å². The van der Waals surface area contributed by atoms with Gasteiger partial charge in [-0.15, -0.1) is 0 Å². The number of hydrogen-bond acceptors (Lipinski definition) is 6. The molecule has 3 heterocycles. The highest BCUT2D eigenvalue weighted by molar-refractivity contribution is 5.90. The number of carbonyl (C=O) groups excluding carboxylic acids is 1. The lowest BCUT2D eigenvalue weighted by Gasteiger charge is -2.39. The number of rotatable bonds is 8. The molecule has 8 nitrogen and oxygen atoms in total. The maximum absolute atomic E-state index is 13.2. The molecular weight excluding hydrogens is 478 g/mol. The van der Waals surface area contributed by atoms with Crippen LogP contribution in [0.2, 0.25) is 0 Å². The SMILES string of the molecule is C=C([C@@H]1CCCC[C@H]1C(=O)NC1(C#N)CC1)N1CCc2[nH]c3c(OCCN4CCOCC4)cccc3c2C1. The molecule has 8 heteroatoms. The van der Waals surface area contributed by atoms with Crippen molar-refractivity contribution in [1.29, 1.82) is 5.26 Å². The van der Waals surface area contributed by atoms with Gasteiger partial charge in [-0.25, -0.2) is 0 Å². The number of amides is 1. The first-order valence-corrected chi connectivity index (χ1v) is 14.3. The van der Waals surface area contributed by atoms with Crippen molar-refractivity contribution >= 4 is 16.8 Å². The van der Waals surface area contributed by atoms with Crippen molar-refractivity contribution in [2.24, 2.45) is 11.8 Å². The topological polar surface area (TPSA) is 93.6 Å². The minimum absolute atomic E-state index is 0.0403. The third-order valence-corrected chi connectivity index (χ3v) is 9.00. The van der Waals surface area contributed by atoms with Gasteiger partial charge >= 0.3 is 0 Å². The van der Waals surface area contributed by atoms with Gasteiger partial charge in [0.05, 0.1) is 24.8 Å². The standard InChI is InChI=1S/C30H39N5O3/c1-21(22-5-2-3-6-24(22)29(36)33-30(20-31)10-11-30)35-12-9-26-25(19-35)23-7-4-8-27(28(23)32-26)38-18-15-34-13-16-37-17-14-34/h4,7-8,22,24,32H,1-3,5-6,9-19H2,(H,33,36)/t22-,24+/m0/s1. The van der Waals surface area contributed by atoms with Crippen LogP contribution in [0.5, 0.6) is 5.75 Å². The molecule has 1 aromatic carbocycles. The lowest BCUT2D eigenvalue weighted by Crippen LogP contribution is -2.45. The van der Waals surface area contributed by atoms with E-state index in [1.165, 1.54) is 16.6 Å². The largest absolute Gasteiger partial charge is 0.490 e. The van der Waals surface area contributed by atoms with Crippen LogP contribution < -0.4 is 10.1 Å². The van der Waals surface area contributed by atoms with Gasteiger partial charge < -0.3 is 24.7 Å². The second-order valence-electron chi connectivity index (χ2n) is 11.4. The minimum Gasteiger partial charge on any atom is -0.490 e. The highest BCUT2D eigenvalue weighted by Crippen LogP contribution is 2.41. The summed E-state index contributed by atoms with van der Waals surface area (Å²) in [7, 11) is 0. The molecule has 1 aromatic heterocycles. The number of nitrogens with zero attached hydrogens (tertiary/aromatic N) is 3. The number of para-hydroxylation sites is 1. The molecule has 6 rings (SSSR count). The number of nitriles is 1. The van der Waals surface area contributed by atoms with E-state index in [1.807, 2.05) is 0 Å². The molecule has 202 valence electrons. The van der Waals surface area contributed by atoms with Crippen LogP contribution in [0.25, 0.3) is 10.9 Å². The number of fused-ring (bicyclic) bond motifs is 3. The van der Waals surface area contributed by atoms with Crippen molar-refractivity contribution in [3.8, 4) is 11.8 Å². The van der Waals surface area contributed by atoms with Crippen LogP contribution in [0.15, 0.2) is 30.5 Å². The number of carbonyl (C=O) groups is 1. The van der Waals surface area contributed by atoms with Crippen molar-refractivity contribution in [3.63, 3.8) is 0 Å². The van der Waals surface area contributed by atoms with E-state index in [0.29, 0.717) is 6.61 Å². The molecule has 0 bridgehead atoms. The molecule has 3 fully saturated rings. The average Bonchev–Trinajstić information content (AvgIpc) is 3.63. The van der Waals surface area contributed by atoms with Crippen LogP contribution in [0, 0.1) is 23.2 Å². The maximum atomic E-state index is 13.2. The minimum atomic E-state index is -0.619. The Morgan fingerprint density at radius 2 is 2.00 bits per heavy atom. The van der Waals surface area contributed by atoms with E-state index in [0.717, 1.165) is 108 Å². The van der Waals surface area contributed by atoms with Gasteiger partial charge in [0, 0.05) is 73.3 Å². The Balaban J connectivity index is 1.14. The van der Waals surface area contributed by atoms with Crippen LogP contribution in [0.4, 0.5) is 0 Å². The number of allylic oxidation sites excluding steroid dienone is 1. The Bertz CT molecular complexity index is 1240. The third kappa shape index (κ3) is 5.02. The summed E-state index contributed by atoms with van der Waals surface area (Å²) in [5, 5.41) is 13.7. The molecule has 0 spiro atoms. The normalized spacial score (nSPS) is 24.9. The zero-order valence-corrected chi connectivity index (χ0v) is 22.3. The molecule has 2 aliphatic heterocycles. The first kappa shape index (κ1) is 25.3. The Hall–Kier alpha value is -3.02. The molecule has 4 aliphatic rings. The van der Waals surface area contributed by atoms with Gasteiger partial charge in [-0.1, -0.05) is 31.6 Å². The molecule has 2 aliphatic carbocycles. The van der Waals surface area contributed by atoms with Gasteiger partial charge in [0.25, 0.3) is 0 Å². The van der Waals surface area contributed by atoms with Crippen molar-refractivity contribution in [2.75, 3.05) is 46.0 Å². The number of benzene rings is 1. The number of H-pyrrole nitrogens is 1. The summed E-state index contributed by atoms with van der Waals surface area (Å²) in [5.41, 5.74) is 4.12. The van der Waals surface area contributed by atoms with Gasteiger partial charge in [-0.3, -0.25) is 9.69 Å². The predicted molar refractivity (Wildman–Crippen MR) is 145 cm³/mol. The quantitative estimate of drug-likeness (QED) is 0.554. The summed E-state index contributed by atoms with van der Waals surface area (Å²) in [6.45, 7) is 11.3. The van der Waals surface area contributed by atoms with Crippen LogP contribution in [0.3, 0.4) is 0 Å². The Morgan fingerprint density at radius 3 is 2.76 bits per heavy atom. The Morgan fingerprint density at radius 1 is 1.21 bits per heavy atom. The van der Waals surface area contributed by atoms with Gasteiger partial charge in [0.2, 0.25) is 5.91 Å². The summed E-state index contributed by atoms with van der Waals surface area (Å²) in [4.78, 5) is 21.7. The van der Waals surface area contributed by atoms with Gasteiger partial charge in [-0.2, -0.15) is 5.26 Å². The first-order chi connectivity index (χ1) is 18.6. The lowest BCUT2D eigenvalue weighted by molar-refractivity contribution is -0.128. The van der Waals surface area contributed by atoms with E-state index in [-0.39, 0.29) is 17.7 Å². The summed E-state index contributed by atoms with van der Waals surface area (Å²) in [5.74, 6) is 0.978. The average molecular weight is 518 g/mol. The van der Waals surface area contributed by atoms with Crippen molar-refractivity contribution in [2.45, 2.75) is 57.0 Å². The van der Waals surface area contributed by atoms with E-state index in [9.17, 15) is 10.1 Å². The Labute approximate surface area is 224 Å². The molecule has 2 aromatic rings. The zero-order valence-electron chi connectivity index (χ0n) is 22.3. The van der Waals surface area contributed by atoms with Crippen LogP contribution >= 0.6 is 0 Å². The number of hydrogen-bond donors (Lipinski definition) is 2. The number of nitrogens with one attached hydrogen (secondary N) is 2. The van der Waals surface area contributed by atoms with E-state index < -0.39 is 5.54 Å². The molecule has 2 N–H and O–H groups in total. The zero-order chi connectivity index (χ0) is 26.1. The van der Waals surface area contributed by atoms with Crippen molar-refractivity contribution in [1.82, 2.24) is 20.1 Å². The molecule has 2 saturated carbocycles. The fraction of sp³-hybridized carbons (Fsp3) is 0.600. The van der Waals surface area contributed by atoms with Gasteiger partial charge in [-0.05, 0) is 31.7 Å².